The van der Waals surface area contributed by atoms with Gasteiger partial charge in [0.1, 0.15) is 0 Å². The summed E-state index contributed by atoms with van der Waals surface area (Å²) < 4.78 is 10.4. The maximum Gasteiger partial charge on any atom is 0.251 e. The van der Waals surface area contributed by atoms with Gasteiger partial charge in [-0.2, -0.15) is 0 Å². The predicted octanol–water partition coefficient (Wildman–Crippen LogP) is 1.42. The lowest BCUT2D eigenvalue weighted by atomic mass is 10.2. The van der Waals surface area contributed by atoms with Crippen LogP contribution in [0.3, 0.4) is 0 Å². The van der Waals surface area contributed by atoms with E-state index in [-0.39, 0.29) is 31.2 Å². The average Bonchev–Trinajstić information content (AvgIpc) is 3.08. The number of benzene rings is 1. The number of pyridine rings is 1. The highest BCUT2D eigenvalue weighted by Gasteiger charge is 2.17. The van der Waals surface area contributed by atoms with E-state index in [9.17, 15) is 9.59 Å². The Balaban J connectivity index is 1.51. The topological polar surface area (TPSA) is 89.6 Å². The van der Waals surface area contributed by atoms with Gasteiger partial charge in [0.25, 0.3) is 5.91 Å². The second-order valence-electron chi connectivity index (χ2n) is 5.29. The molecule has 1 aromatic heterocycles. The molecular formula is C17H17N3O4. The lowest BCUT2D eigenvalue weighted by Crippen LogP contribution is -2.38. The van der Waals surface area contributed by atoms with Gasteiger partial charge in [-0.05, 0) is 37.3 Å². The zero-order valence-corrected chi connectivity index (χ0v) is 13.1. The molecule has 0 fully saturated rings. The van der Waals surface area contributed by atoms with E-state index < -0.39 is 0 Å². The Labute approximate surface area is 139 Å². The molecule has 2 N–H and O–H groups in total. The van der Waals surface area contributed by atoms with E-state index in [1.807, 2.05) is 25.1 Å². The van der Waals surface area contributed by atoms with Crippen molar-refractivity contribution in [3.63, 3.8) is 0 Å². The Morgan fingerprint density at radius 3 is 2.83 bits per heavy atom. The molecule has 1 aromatic carbocycles. The monoisotopic (exact) mass is 327 g/mol. The predicted molar refractivity (Wildman–Crippen MR) is 85.7 cm³/mol. The van der Waals surface area contributed by atoms with Crippen LogP contribution in [0.5, 0.6) is 11.5 Å². The van der Waals surface area contributed by atoms with Crippen molar-refractivity contribution in [1.29, 1.82) is 0 Å². The van der Waals surface area contributed by atoms with Gasteiger partial charge in [0.05, 0.1) is 18.3 Å². The molecule has 24 heavy (non-hydrogen) atoms. The summed E-state index contributed by atoms with van der Waals surface area (Å²) in [5.74, 6) is 0.487. The summed E-state index contributed by atoms with van der Waals surface area (Å²) in [4.78, 5) is 28.2. The van der Waals surface area contributed by atoms with Crippen molar-refractivity contribution in [3.8, 4) is 11.5 Å². The van der Waals surface area contributed by atoms with Gasteiger partial charge in [-0.3, -0.25) is 14.6 Å². The van der Waals surface area contributed by atoms with E-state index in [0.717, 1.165) is 5.69 Å². The molecule has 0 saturated carbocycles. The number of ether oxygens (including phenoxy) is 2. The van der Waals surface area contributed by atoms with Crippen LogP contribution in [0, 0.1) is 0 Å². The Morgan fingerprint density at radius 1 is 1.21 bits per heavy atom. The highest BCUT2D eigenvalue weighted by molar-refractivity contribution is 5.97. The fourth-order valence-corrected chi connectivity index (χ4v) is 2.30. The minimum absolute atomic E-state index is 0.121. The van der Waals surface area contributed by atoms with Crippen LogP contribution in [-0.2, 0) is 4.79 Å². The molecule has 1 atom stereocenters. The number of carbonyl (C=O) groups excluding carboxylic acids is 2. The molecule has 0 bridgehead atoms. The van der Waals surface area contributed by atoms with Gasteiger partial charge in [0.2, 0.25) is 12.7 Å². The minimum Gasteiger partial charge on any atom is -0.454 e. The van der Waals surface area contributed by atoms with E-state index >= 15 is 0 Å². The maximum absolute atomic E-state index is 12.1. The largest absolute Gasteiger partial charge is 0.454 e. The summed E-state index contributed by atoms with van der Waals surface area (Å²) in [5.41, 5.74) is 1.16. The van der Waals surface area contributed by atoms with Gasteiger partial charge in [0, 0.05) is 11.8 Å². The Morgan fingerprint density at radius 2 is 2.04 bits per heavy atom. The van der Waals surface area contributed by atoms with Crippen molar-refractivity contribution < 1.29 is 19.1 Å². The quantitative estimate of drug-likeness (QED) is 0.867. The first-order chi connectivity index (χ1) is 11.6. The average molecular weight is 327 g/mol. The van der Waals surface area contributed by atoms with Gasteiger partial charge in [0.15, 0.2) is 11.5 Å². The molecule has 0 saturated heterocycles. The van der Waals surface area contributed by atoms with Crippen molar-refractivity contribution in [1.82, 2.24) is 15.6 Å². The molecule has 1 aliphatic rings. The molecule has 7 nitrogen and oxygen atoms in total. The van der Waals surface area contributed by atoms with Gasteiger partial charge >= 0.3 is 0 Å². The van der Waals surface area contributed by atoms with E-state index in [1.165, 1.54) is 0 Å². The van der Waals surface area contributed by atoms with E-state index in [0.29, 0.717) is 17.1 Å². The Hall–Kier alpha value is -3.09. The molecule has 1 aliphatic heterocycles. The first-order valence-corrected chi connectivity index (χ1v) is 7.51. The Bertz CT molecular complexity index is 749. The summed E-state index contributed by atoms with van der Waals surface area (Å²) in [6.45, 7) is 1.86. The van der Waals surface area contributed by atoms with E-state index in [1.54, 1.807) is 24.4 Å². The van der Waals surface area contributed by atoms with Crippen LogP contribution >= 0.6 is 0 Å². The van der Waals surface area contributed by atoms with Crippen LogP contribution in [0.4, 0.5) is 0 Å². The second kappa shape index (κ2) is 6.99. The van der Waals surface area contributed by atoms with Gasteiger partial charge in [-0.15, -0.1) is 0 Å². The fourth-order valence-electron chi connectivity index (χ4n) is 2.30. The third kappa shape index (κ3) is 3.62. The molecule has 7 heteroatoms. The zero-order chi connectivity index (χ0) is 16.9. The Kier molecular flexibility index (Phi) is 4.60. The van der Waals surface area contributed by atoms with E-state index in [4.69, 9.17) is 9.47 Å². The third-order valence-electron chi connectivity index (χ3n) is 3.55. The number of fused-ring (bicyclic) bond motifs is 1. The van der Waals surface area contributed by atoms with Crippen LogP contribution < -0.4 is 20.1 Å². The van der Waals surface area contributed by atoms with Crippen LogP contribution in [0.1, 0.15) is 29.0 Å². The second-order valence-corrected chi connectivity index (χ2v) is 5.29. The number of aromatic nitrogens is 1. The van der Waals surface area contributed by atoms with Gasteiger partial charge < -0.3 is 20.1 Å². The summed E-state index contributed by atoms with van der Waals surface area (Å²) in [7, 11) is 0. The molecule has 0 aliphatic carbocycles. The first kappa shape index (κ1) is 15.8. The van der Waals surface area contributed by atoms with Crippen LogP contribution in [0.2, 0.25) is 0 Å². The summed E-state index contributed by atoms with van der Waals surface area (Å²) in [6.07, 6.45) is 1.67. The number of nitrogens with one attached hydrogen (secondary N) is 2. The van der Waals surface area contributed by atoms with Crippen molar-refractivity contribution in [2.75, 3.05) is 13.3 Å². The summed E-state index contributed by atoms with van der Waals surface area (Å²) >= 11 is 0. The van der Waals surface area contributed by atoms with Crippen LogP contribution in [-0.4, -0.2) is 30.1 Å². The SMILES string of the molecule is CC(NC(=O)CNC(=O)c1ccc2c(c1)OCO2)c1ccccn1. The van der Waals surface area contributed by atoms with Gasteiger partial charge in [-0.25, -0.2) is 0 Å². The number of carbonyl (C=O) groups is 2. The highest BCUT2D eigenvalue weighted by atomic mass is 16.7. The van der Waals surface area contributed by atoms with Gasteiger partial charge in [-0.1, -0.05) is 6.07 Å². The normalized spacial score (nSPS) is 13.2. The molecule has 0 spiro atoms. The standard InChI is InChI=1S/C17H17N3O4/c1-11(13-4-2-3-7-18-13)20-16(21)9-19-17(22)12-5-6-14-15(8-12)24-10-23-14/h2-8,11H,9-10H2,1H3,(H,19,22)(H,20,21). The van der Waals surface area contributed by atoms with Crippen LogP contribution in [0.25, 0.3) is 0 Å². The van der Waals surface area contributed by atoms with Crippen molar-refractivity contribution in [2.45, 2.75) is 13.0 Å². The van der Waals surface area contributed by atoms with E-state index in [2.05, 4.69) is 15.6 Å². The molecule has 0 radical (unpaired) electrons. The van der Waals surface area contributed by atoms with Crippen molar-refractivity contribution >= 4 is 11.8 Å². The highest BCUT2D eigenvalue weighted by Crippen LogP contribution is 2.32. The number of nitrogens with zero attached hydrogens (tertiary/aromatic N) is 1. The number of hydrogen-bond acceptors (Lipinski definition) is 5. The summed E-state index contributed by atoms with van der Waals surface area (Å²) in [6, 6.07) is 10.1. The number of amides is 2. The molecular weight excluding hydrogens is 310 g/mol. The third-order valence-corrected chi connectivity index (χ3v) is 3.55. The van der Waals surface area contributed by atoms with Crippen molar-refractivity contribution in [3.05, 3.63) is 53.9 Å². The zero-order valence-electron chi connectivity index (χ0n) is 13.1. The van der Waals surface area contributed by atoms with Crippen LogP contribution in [0.15, 0.2) is 42.6 Å². The lowest BCUT2D eigenvalue weighted by molar-refractivity contribution is -0.120. The molecule has 1 unspecified atom stereocenters. The number of hydrogen-bond donors (Lipinski definition) is 2. The minimum atomic E-state index is -0.353. The summed E-state index contributed by atoms with van der Waals surface area (Å²) in [5, 5.41) is 5.36. The maximum atomic E-state index is 12.1. The molecule has 2 heterocycles. The van der Waals surface area contributed by atoms with Crippen molar-refractivity contribution in [2.24, 2.45) is 0 Å². The fraction of sp³-hybridized carbons (Fsp3) is 0.235. The number of rotatable bonds is 5. The smallest absolute Gasteiger partial charge is 0.251 e. The molecule has 2 aromatic rings. The molecule has 3 rings (SSSR count). The first-order valence-electron chi connectivity index (χ1n) is 7.51. The molecule has 2 amide bonds. The molecule has 124 valence electrons. The lowest BCUT2D eigenvalue weighted by Gasteiger charge is -2.13.